The maximum atomic E-state index is 6.36. The Labute approximate surface area is 160 Å². The Hall–Kier alpha value is -2.58. The zero-order valence-corrected chi connectivity index (χ0v) is 15.8. The van der Waals surface area contributed by atoms with Crippen LogP contribution in [0.3, 0.4) is 0 Å². The van der Waals surface area contributed by atoms with Gasteiger partial charge in [0.05, 0.1) is 10.7 Å². The summed E-state index contributed by atoms with van der Waals surface area (Å²) in [6.07, 6.45) is 2.85. The summed E-state index contributed by atoms with van der Waals surface area (Å²) < 4.78 is 5.83. The first-order valence-corrected chi connectivity index (χ1v) is 9.13. The largest absolute Gasteiger partial charge is 0.487 e. The van der Waals surface area contributed by atoms with E-state index in [-0.39, 0.29) is 0 Å². The second-order valence-electron chi connectivity index (χ2n) is 6.24. The van der Waals surface area contributed by atoms with E-state index in [0.29, 0.717) is 17.4 Å². The SMILES string of the molecule is CCc1ccc(N=Cc2ccc(OCc3ccc(C)cc3)c(Cl)c2)cc1. The van der Waals surface area contributed by atoms with Crippen molar-refractivity contribution in [2.45, 2.75) is 26.9 Å². The predicted molar refractivity (Wildman–Crippen MR) is 110 cm³/mol. The maximum absolute atomic E-state index is 6.36. The van der Waals surface area contributed by atoms with Gasteiger partial charge in [-0.3, -0.25) is 4.99 Å². The zero-order valence-electron chi connectivity index (χ0n) is 15.1. The van der Waals surface area contributed by atoms with Crippen molar-refractivity contribution in [3.8, 4) is 5.75 Å². The molecule has 0 spiro atoms. The van der Waals surface area contributed by atoms with Crippen LogP contribution in [0.1, 0.15) is 29.2 Å². The molecule has 132 valence electrons. The third kappa shape index (κ3) is 4.96. The number of nitrogens with zero attached hydrogens (tertiary/aromatic N) is 1. The molecule has 0 N–H and O–H groups in total. The Morgan fingerprint density at radius 2 is 1.62 bits per heavy atom. The van der Waals surface area contributed by atoms with E-state index in [1.54, 1.807) is 0 Å². The molecule has 3 rings (SSSR count). The molecule has 0 aliphatic rings. The number of aryl methyl sites for hydroxylation is 2. The molecular weight excluding hydrogens is 342 g/mol. The van der Waals surface area contributed by atoms with Crippen molar-refractivity contribution in [2.24, 2.45) is 4.99 Å². The highest BCUT2D eigenvalue weighted by Crippen LogP contribution is 2.26. The van der Waals surface area contributed by atoms with Gasteiger partial charge >= 0.3 is 0 Å². The second kappa shape index (κ2) is 8.68. The summed E-state index contributed by atoms with van der Waals surface area (Å²) >= 11 is 6.36. The van der Waals surface area contributed by atoms with Gasteiger partial charge in [0.15, 0.2) is 0 Å². The zero-order chi connectivity index (χ0) is 18.4. The number of aliphatic imine (C=N–C) groups is 1. The molecule has 0 fully saturated rings. The predicted octanol–water partition coefficient (Wildman–Crippen LogP) is 6.54. The molecular formula is C23H22ClNO. The van der Waals surface area contributed by atoms with Gasteiger partial charge in [0.2, 0.25) is 0 Å². The molecule has 0 aliphatic carbocycles. The van der Waals surface area contributed by atoms with E-state index < -0.39 is 0 Å². The summed E-state index contributed by atoms with van der Waals surface area (Å²) in [6.45, 7) is 4.71. The summed E-state index contributed by atoms with van der Waals surface area (Å²) in [4.78, 5) is 4.50. The second-order valence-corrected chi connectivity index (χ2v) is 6.65. The molecule has 0 aromatic heterocycles. The van der Waals surface area contributed by atoms with Crippen LogP contribution in [0.5, 0.6) is 5.75 Å². The molecule has 0 unspecified atom stereocenters. The van der Waals surface area contributed by atoms with E-state index in [1.165, 1.54) is 11.1 Å². The molecule has 0 radical (unpaired) electrons. The fraction of sp³-hybridized carbons (Fsp3) is 0.174. The lowest BCUT2D eigenvalue weighted by molar-refractivity contribution is 0.306. The van der Waals surface area contributed by atoms with E-state index in [1.807, 2.05) is 36.5 Å². The molecule has 0 amide bonds. The number of hydrogen-bond donors (Lipinski definition) is 0. The molecule has 2 nitrogen and oxygen atoms in total. The van der Waals surface area contributed by atoms with E-state index >= 15 is 0 Å². The standard InChI is InChI=1S/C23H22ClNO/c1-3-18-8-11-21(12-9-18)25-15-20-10-13-23(22(24)14-20)26-16-19-6-4-17(2)5-7-19/h4-15H,3,16H2,1-2H3. The minimum Gasteiger partial charge on any atom is -0.487 e. The van der Waals surface area contributed by atoms with E-state index in [0.717, 1.165) is 23.2 Å². The van der Waals surface area contributed by atoms with Crippen molar-refractivity contribution in [2.75, 3.05) is 0 Å². The molecule has 26 heavy (non-hydrogen) atoms. The highest BCUT2D eigenvalue weighted by Gasteiger charge is 2.03. The number of benzene rings is 3. The van der Waals surface area contributed by atoms with Crippen LogP contribution < -0.4 is 4.74 Å². The minimum absolute atomic E-state index is 0.497. The number of halogens is 1. The third-order valence-corrected chi connectivity index (χ3v) is 4.47. The molecule has 0 bridgehead atoms. The summed E-state index contributed by atoms with van der Waals surface area (Å²) in [7, 11) is 0. The topological polar surface area (TPSA) is 21.6 Å². The van der Waals surface area contributed by atoms with Gasteiger partial charge in [-0.25, -0.2) is 0 Å². The lowest BCUT2D eigenvalue weighted by atomic mass is 10.1. The average molecular weight is 364 g/mol. The van der Waals surface area contributed by atoms with Crippen LogP contribution in [0.25, 0.3) is 0 Å². The van der Waals surface area contributed by atoms with Crippen LogP contribution >= 0.6 is 11.6 Å². The average Bonchev–Trinajstić information content (AvgIpc) is 2.67. The van der Waals surface area contributed by atoms with Gasteiger partial charge in [-0.15, -0.1) is 0 Å². The third-order valence-electron chi connectivity index (χ3n) is 4.18. The highest BCUT2D eigenvalue weighted by atomic mass is 35.5. The van der Waals surface area contributed by atoms with Gasteiger partial charge in [0.1, 0.15) is 12.4 Å². The van der Waals surface area contributed by atoms with Crippen LogP contribution in [0.4, 0.5) is 5.69 Å². The summed E-state index contributed by atoms with van der Waals surface area (Å²) in [5.41, 5.74) is 5.53. The molecule has 3 aromatic rings. The van der Waals surface area contributed by atoms with Crippen molar-refractivity contribution in [1.82, 2.24) is 0 Å². The highest BCUT2D eigenvalue weighted by molar-refractivity contribution is 6.32. The summed E-state index contributed by atoms with van der Waals surface area (Å²) in [5.74, 6) is 0.677. The molecule has 0 saturated carbocycles. The monoisotopic (exact) mass is 363 g/mol. The molecule has 0 aliphatic heterocycles. The summed E-state index contributed by atoms with van der Waals surface area (Å²) in [5, 5.41) is 0.586. The van der Waals surface area contributed by atoms with Crippen molar-refractivity contribution >= 4 is 23.5 Å². The Morgan fingerprint density at radius 3 is 2.27 bits per heavy atom. The lowest BCUT2D eigenvalue weighted by Gasteiger charge is -2.09. The van der Waals surface area contributed by atoms with Crippen molar-refractivity contribution < 1.29 is 4.74 Å². The first-order valence-electron chi connectivity index (χ1n) is 8.75. The number of rotatable bonds is 6. The lowest BCUT2D eigenvalue weighted by Crippen LogP contribution is -1.96. The molecule has 0 saturated heterocycles. The normalized spacial score (nSPS) is 11.0. The Kier molecular flexibility index (Phi) is 6.08. The van der Waals surface area contributed by atoms with Crippen LogP contribution in [0, 0.1) is 6.92 Å². The Bertz CT molecular complexity index is 883. The van der Waals surface area contributed by atoms with Gasteiger partial charge < -0.3 is 4.74 Å². The molecule has 3 aromatic carbocycles. The van der Waals surface area contributed by atoms with Crippen molar-refractivity contribution in [3.05, 3.63) is 94.0 Å². The van der Waals surface area contributed by atoms with Crippen LogP contribution in [-0.2, 0) is 13.0 Å². The van der Waals surface area contributed by atoms with Gasteiger partial charge in [0, 0.05) is 6.21 Å². The fourth-order valence-electron chi connectivity index (χ4n) is 2.53. The van der Waals surface area contributed by atoms with Crippen LogP contribution in [-0.4, -0.2) is 6.21 Å². The van der Waals surface area contributed by atoms with E-state index in [4.69, 9.17) is 16.3 Å². The Morgan fingerprint density at radius 1 is 0.923 bits per heavy atom. The van der Waals surface area contributed by atoms with Crippen LogP contribution in [0.2, 0.25) is 5.02 Å². The minimum atomic E-state index is 0.497. The molecule has 0 atom stereocenters. The van der Waals surface area contributed by atoms with Crippen molar-refractivity contribution in [3.63, 3.8) is 0 Å². The first kappa shape index (κ1) is 18.2. The number of hydrogen-bond acceptors (Lipinski definition) is 2. The Balaban J connectivity index is 1.64. The quantitative estimate of drug-likeness (QED) is 0.455. The van der Waals surface area contributed by atoms with Gasteiger partial charge in [0.25, 0.3) is 0 Å². The smallest absolute Gasteiger partial charge is 0.138 e. The van der Waals surface area contributed by atoms with Gasteiger partial charge in [-0.1, -0.05) is 60.5 Å². The van der Waals surface area contributed by atoms with Gasteiger partial charge in [-0.05, 0) is 60.4 Å². The van der Waals surface area contributed by atoms with E-state index in [9.17, 15) is 0 Å². The van der Waals surface area contributed by atoms with Gasteiger partial charge in [-0.2, -0.15) is 0 Å². The van der Waals surface area contributed by atoms with Crippen LogP contribution in [0.15, 0.2) is 71.7 Å². The molecule has 3 heteroatoms. The number of ether oxygens (including phenoxy) is 1. The fourth-order valence-corrected chi connectivity index (χ4v) is 2.77. The summed E-state index contributed by atoms with van der Waals surface area (Å²) in [6, 6.07) is 22.2. The first-order chi connectivity index (χ1) is 12.6. The molecule has 0 heterocycles. The van der Waals surface area contributed by atoms with E-state index in [2.05, 4.69) is 55.2 Å². The maximum Gasteiger partial charge on any atom is 0.138 e. The van der Waals surface area contributed by atoms with Crippen molar-refractivity contribution in [1.29, 1.82) is 0 Å².